The molecule has 1 aliphatic rings. The van der Waals surface area contributed by atoms with Crippen molar-refractivity contribution in [2.24, 2.45) is 5.92 Å². The second kappa shape index (κ2) is 4.58. The van der Waals surface area contributed by atoms with Gasteiger partial charge in [-0.25, -0.2) is 0 Å². The predicted octanol–water partition coefficient (Wildman–Crippen LogP) is 0.164. The lowest BCUT2D eigenvalue weighted by Crippen LogP contribution is -2.44. The van der Waals surface area contributed by atoms with Crippen LogP contribution in [-0.4, -0.2) is 46.8 Å². The van der Waals surface area contributed by atoms with Gasteiger partial charge in [0.25, 0.3) is 0 Å². The number of likely N-dealkylation sites (tertiary alicyclic amines) is 1. The molecule has 76 valence electrons. The van der Waals surface area contributed by atoms with Gasteiger partial charge in [-0.3, -0.25) is 9.69 Å². The van der Waals surface area contributed by atoms with Crippen LogP contribution in [0.5, 0.6) is 0 Å². The lowest BCUT2D eigenvalue weighted by atomic mass is 9.92. The molecule has 2 N–H and O–H groups in total. The summed E-state index contributed by atoms with van der Waals surface area (Å²) in [5, 5.41) is 18.1. The van der Waals surface area contributed by atoms with Crippen molar-refractivity contribution in [2.75, 3.05) is 19.6 Å². The van der Waals surface area contributed by atoms with Gasteiger partial charge in [-0.2, -0.15) is 0 Å². The van der Waals surface area contributed by atoms with Gasteiger partial charge < -0.3 is 10.2 Å². The van der Waals surface area contributed by atoms with Crippen molar-refractivity contribution in [2.45, 2.75) is 25.9 Å². The number of hydrogen-bond acceptors (Lipinski definition) is 3. The van der Waals surface area contributed by atoms with Crippen LogP contribution in [0.1, 0.15) is 19.8 Å². The summed E-state index contributed by atoms with van der Waals surface area (Å²) >= 11 is 0. The van der Waals surface area contributed by atoms with Crippen LogP contribution in [0.3, 0.4) is 0 Å². The highest BCUT2D eigenvalue weighted by Crippen LogP contribution is 2.19. The molecule has 0 amide bonds. The third-order valence-electron chi connectivity index (χ3n) is 2.66. The fraction of sp³-hybridized carbons (Fsp3) is 0.889. The maximum Gasteiger partial charge on any atom is 0.317 e. The standard InChI is InChI=1S/C9H17NO3/c1-2-7-5-10(6-9(12)13)4-3-8(7)11/h7-8,11H,2-6H2,1H3,(H,12,13)/t7-,8+/m1/s1. The van der Waals surface area contributed by atoms with E-state index in [0.29, 0.717) is 19.5 Å². The minimum absolute atomic E-state index is 0.100. The smallest absolute Gasteiger partial charge is 0.317 e. The van der Waals surface area contributed by atoms with E-state index in [1.54, 1.807) is 0 Å². The van der Waals surface area contributed by atoms with Crippen molar-refractivity contribution in [1.82, 2.24) is 4.90 Å². The largest absolute Gasteiger partial charge is 0.480 e. The quantitative estimate of drug-likeness (QED) is 0.661. The molecule has 4 heteroatoms. The van der Waals surface area contributed by atoms with Crippen LogP contribution in [0.25, 0.3) is 0 Å². The molecule has 1 fully saturated rings. The number of carbonyl (C=O) groups is 1. The van der Waals surface area contributed by atoms with Crippen LogP contribution < -0.4 is 0 Å². The van der Waals surface area contributed by atoms with Gasteiger partial charge in [0.15, 0.2) is 0 Å². The molecule has 1 saturated heterocycles. The average Bonchev–Trinajstić information content (AvgIpc) is 2.07. The number of piperidine rings is 1. The monoisotopic (exact) mass is 187 g/mol. The second-order valence-corrected chi connectivity index (χ2v) is 3.65. The van der Waals surface area contributed by atoms with E-state index in [0.717, 1.165) is 6.42 Å². The highest BCUT2D eigenvalue weighted by molar-refractivity contribution is 5.69. The summed E-state index contributed by atoms with van der Waals surface area (Å²) in [5.74, 6) is -0.542. The molecule has 0 spiro atoms. The Morgan fingerprint density at radius 3 is 2.85 bits per heavy atom. The van der Waals surface area contributed by atoms with E-state index in [1.165, 1.54) is 0 Å². The van der Waals surface area contributed by atoms with Crippen LogP contribution in [0.2, 0.25) is 0 Å². The summed E-state index contributed by atoms with van der Waals surface area (Å²) in [5.41, 5.74) is 0. The molecule has 1 heterocycles. The number of nitrogens with zero attached hydrogens (tertiary/aromatic N) is 1. The first kappa shape index (κ1) is 10.5. The molecular formula is C9H17NO3. The molecule has 2 atom stereocenters. The second-order valence-electron chi connectivity index (χ2n) is 3.65. The molecule has 4 nitrogen and oxygen atoms in total. The number of rotatable bonds is 3. The Hall–Kier alpha value is -0.610. The van der Waals surface area contributed by atoms with Crippen LogP contribution in [0, 0.1) is 5.92 Å². The Kier molecular flexibility index (Phi) is 3.69. The highest BCUT2D eigenvalue weighted by Gasteiger charge is 2.26. The number of hydrogen-bond donors (Lipinski definition) is 2. The van der Waals surface area contributed by atoms with E-state index in [1.807, 2.05) is 11.8 Å². The predicted molar refractivity (Wildman–Crippen MR) is 48.5 cm³/mol. The summed E-state index contributed by atoms with van der Waals surface area (Å²) in [4.78, 5) is 12.3. The van der Waals surface area contributed by atoms with E-state index >= 15 is 0 Å². The van der Waals surface area contributed by atoms with Crippen LogP contribution >= 0.6 is 0 Å². The molecule has 1 rings (SSSR count). The normalized spacial score (nSPS) is 30.3. The Bertz CT molecular complexity index is 184. The molecular weight excluding hydrogens is 170 g/mol. The average molecular weight is 187 g/mol. The number of aliphatic hydroxyl groups excluding tert-OH is 1. The van der Waals surface area contributed by atoms with E-state index in [9.17, 15) is 9.90 Å². The molecule has 0 aromatic rings. The van der Waals surface area contributed by atoms with Crippen molar-refractivity contribution < 1.29 is 15.0 Å². The van der Waals surface area contributed by atoms with Crippen molar-refractivity contribution in [3.8, 4) is 0 Å². The van der Waals surface area contributed by atoms with Gasteiger partial charge in [-0.1, -0.05) is 6.92 Å². The zero-order valence-corrected chi connectivity index (χ0v) is 7.94. The molecule has 0 aromatic carbocycles. The summed E-state index contributed by atoms with van der Waals surface area (Å²) < 4.78 is 0. The Labute approximate surface area is 78.2 Å². The first-order valence-corrected chi connectivity index (χ1v) is 4.75. The van der Waals surface area contributed by atoms with E-state index in [4.69, 9.17) is 5.11 Å². The first-order valence-electron chi connectivity index (χ1n) is 4.75. The van der Waals surface area contributed by atoms with Gasteiger partial charge in [0, 0.05) is 13.1 Å². The van der Waals surface area contributed by atoms with Gasteiger partial charge in [0.05, 0.1) is 12.6 Å². The molecule has 0 unspecified atom stereocenters. The number of aliphatic carboxylic acids is 1. The zero-order chi connectivity index (χ0) is 9.84. The SMILES string of the molecule is CC[C@@H]1CN(CC(=O)O)CC[C@@H]1O. The molecule has 13 heavy (non-hydrogen) atoms. The van der Waals surface area contributed by atoms with Gasteiger partial charge in [0.1, 0.15) is 0 Å². The Morgan fingerprint density at radius 1 is 1.62 bits per heavy atom. The fourth-order valence-electron chi connectivity index (χ4n) is 1.83. The fourth-order valence-corrected chi connectivity index (χ4v) is 1.83. The lowest BCUT2D eigenvalue weighted by molar-refractivity contribution is -0.139. The van der Waals surface area contributed by atoms with Crippen LogP contribution in [0.15, 0.2) is 0 Å². The summed E-state index contributed by atoms with van der Waals surface area (Å²) in [7, 11) is 0. The minimum atomic E-state index is -0.786. The van der Waals surface area contributed by atoms with Gasteiger partial charge in [-0.05, 0) is 18.8 Å². The van der Waals surface area contributed by atoms with Crippen LogP contribution in [0.4, 0.5) is 0 Å². The van der Waals surface area contributed by atoms with Crippen molar-refractivity contribution in [3.63, 3.8) is 0 Å². The van der Waals surface area contributed by atoms with Gasteiger partial charge >= 0.3 is 5.97 Å². The maximum atomic E-state index is 10.4. The van der Waals surface area contributed by atoms with Crippen molar-refractivity contribution in [1.29, 1.82) is 0 Å². The number of carboxylic acid groups (broad SMARTS) is 1. The van der Waals surface area contributed by atoms with Crippen molar-refractivity contribution >= 4 is 5.97 Å². The zero-order valence-electron chi connectivity index (χ0n) is 7.94. The molecule has 0 aliphatic carbocycles. The van der Waals surface area contributed by atoms with Crippen LogP contribution in [-0.2, 0) is 4.79 Å². The number of aliphatic hydroxyl groups is 1. The molecule has 0 aromatic heterocycles. The van der Waals surface area contributed by atoms with Crippen molar-refractivity contribution in [3.05, 3.63) is 0 Å². The summed E-state index contributed by atoms with van der Waals surface area (Å²) in [6.07, 6.45) is 1.37. The molecule has 0 radical (unpaired) electrons. The third kappa shape index (κ3) is 2.97. The third-order valence-corrected chi connectivity index (χ3v) is 2.66. The molecule has 1 aliphatic heterocycles. The van der Waals surface area contributed by atoms with Gasteiger partial charge in [0.2, 0.25) is 0 Å². The van der Waals surface area contributed by atoms with E-state index in [2.05, 4.69) is 0 Å². The topological polar surface area (TPSA) is 60.8 Å². The lowest BCUT2D eigenvalue weighted by Gasteiger charge is -2.34. The Balaban J connectivity index is 2.40. The van der Waals surface area contributed by atoms with E-state index in [-0.39, 0.29) is 18.6 Å². The summed E-state index contributed by atoms with van der Waals surface area (Å²) in [6.45, 7) is 3.54. The highest BCUT2D eigenvalue weighted by atomic mass is 16.4. The summed E-state index contributed by atoms with van der Waals surface area (Å²) in [6, 6.07) is 0. The molecule has 0 bridgehead atoms. The minimum Gasteiger partial charge on any atom is -0.480 e. The van der Waals surface area contributed by atoms with E-state index < -0.39 is 5.97 Å². The Morgan fingerprint density at radius 2 is 2.31 bits per heavy atom. The maximum absolute atomic E-state index is 10.4. The van der Waals surface area contributed by atoms with Gasteiger partial charge in [-0.15, -0.1) is 0 Å². The molecule has 0 saturated carbocycles. The number of carboxylic acids is 1. The first-order chi connectivity index (χ1) is 6.13.